The summed E-state index contributed by atoms with van der Waals surface area (Å²) in [6.45, 7) is 0. The summed E-state index contributed by atoms with van der Waals surface area (Å²) >= 11 is 0. The first-order valence-electron chi connectivity index (χ1n) is 6.64. The molecule has 0 spiro atoms. The fourth-order valence-electron chi connectivity index (χ4n) is 1.91. The molecule has 0 unspecified atom stereocenters. The Morgan fingerprint density at radius 1 is 1.00 bits per heavy atom. The van der Waals surface area contributed by atoms with E-state index in [-0.39, 0.29) is 5.69 Å². The predicted octanol–water partition coefficient (Wildman–Crippen LogP) is 3.57. The molecular formula is C17H13NO4. The largest absolute Gasteiger partial charge is 0.497 e. The van der Waals surface area contributed by atoms with Crippen LogP contribution < -0.4 is 9.47 Å². The standard InChI is InChI=1S/C17H13NO4/c1-20-13-7-9-14(10-8-13)21-17(19)15-11-16(22-18-15)12-5-3-2-4-6-12/h2-11H,1H3. The maximum absolute atomic E-state index is 12.0. The number of methoxy groups -OCH3 is 1. The molecule has 0 aliphatic rings. The van der Waals surface area contributed by atoms with E-state index in [9.17, 15) is 4.79 Å². The number of nitrogens with zero attached hydrogens (tertiary/aromatic N) is 1. The number of benzene rings is 2. The Morgan fingerprint density at radius 3 is 2.36 bits per heavy atom. The van der Waals surface area contributed by atoms with Crippen molar-refractivity contribution in [3.05, 3.63) is 66.4 Å². The number of rotatable bonds is 4. The summed E-state index contributed by atoms with van der Waals surface area (Å²) in [5.74, 6) is 1.04. The summed E-state index contributed by atoms with van der Waals surface area (Å²) in [4.78, 5) is 12.0. The summed E-state index contributed by atoms with van der Waals surface area (Å²) < 4.78 is 15.5. The van der Waals surface area contributed by atoms with Crippen LogP contribution in [-0.2, 0) is 0 Å². The van der Waals surface area contributed by atoms with E-state index in [0.717, 1.165) is 5.56 Å². The molecule has 0 aliphatic carbocycles. The van der Waals surface area contributed by atoms with Crippen LogP contribution in [0.3, 0.4) is 0 Å². The molecule has 0 N–H and O–H groups in total. The number of aromatic nitrogens is 1. The Hall–Kier alpha value is -3.08. The monoisotopic (exact) mass is 295 g/mol. The number of carbonyl (C=O) groups excluding carboxylic acids is 1. The number of carbonyl (C=O) groups is 1. The van der Waals surface area contributed by atoms with Crippen molar-refractivity contribution in [1.82, 2.24) is 5.16 Å². The average molecular weight is 295 g/mol. The van der Waals surface area contributed by atoms with Crippen LogP contribution in [0.5, 0.6) is 11.5 Å². The van der Waals surface area contributed by atoms with E-state index in [1.165, 1.54) is 0 Å². The molecule has 0 radical (unpaired) electrons. The molecule has 5 heteroatoms. The van der Waals surface area contributed by atoms with Gasteiger partial charge in [0.2, 0.25) is 0 Å². The van der Waals surface area contributed by atoms with Crippen LogP contribution in [-0.4, -0.2) is 18.2 Å². The summed E-state index contributed by atoms with van der Waals surface area (Å²) in [6.07, 6.45) is 0. The van der Waals surface area contributed by atoms with Gasteiger partial charge < -0.3 is 14.0 Å². The van der Waals surface area contributed by atoms with E-state index >= 15 is 0 Å². The fraction of sp³-hybridized carbons (Fsp3) is 0.0588. The summed E-state index contributed by atoms with van der Waals surface area (Å²) in [6, 6.07) is 17.7. The smallest absolute Gasteiger partial charge is 0.365 e. The van der Waals surface area contributed by atoms with Gasteiger partial charge in [0.05, 0.1) is 7.11 Å². The van der Waals surface area contributed by atoms with Gasteiger partial charge in [-0.15, -0.1) is 0 Å². The van der Waals surface area contributed by atoms with Crippen molar-refractivity contribution in [3.8, 4) is 22.8 Å². The van der Waals surface area contributed by atoms with E-state index in [1.807, 2.05) is 30.3 Å². The minimum Gasteiger partial charge on any atom is -0.497 e. The maximum Gasteiger partial charge on any atom is 0.365 e. The zero-order chi connectivity index (χ0) is 15.4. The van der Waals surface area contributed by atoms with Crippen LogP contribution in [0, 0.1) is 0 Å². The first-order valence-corrected chi connectivity index (χ1v) is 6.64. The van der Waals surface area contributed by atoms with Crippen molar-refractivity contribution >= 4 is 5.97 Å². The normalized spacial score (nSPS) is 10.2. The Balaban J connectivity index is 1.74. The zero-order valence-corrected chi connectivity index (χ0v) is 11.9. The molecule has 0 aliphatic heterocycles. The van der Waals surface area contributed by atoms with Crippen molar-refractivity contribution in [1.29, 1.82) is 0 Å². The Bertz CT molecular complexity index is 763. The highest BCUT2D eigenvalue weighted by molar-refractivity contribution is 5.90. The SMILES string of the molecule is COc1ccc(OC(=O)c2cc(-c3ccccc3)on2)cc1. The topological polar surface area (TPSA) is 61.6 Å². The molecule has 0 atom stereocenters. The van der Waals surface area contributed by atoms with Crippen molar-refractivity contribution in [3.63, 3.8) is 0 Å². The molecule has 0 fully saturated rings. The molecule has 0 saturated carbocycles. The minimum atomic E-state index is -0.573. The van der Waals surface area contributed by atoms with E-state index < -0.39 is 5.97 Å². The lowest BCUT2D eigenvalue weighted by Crippen LogP contribution is -2.08. The number of hydrogen-bond donors (Lipinski definition) is 0. The molecule has 1 aromatic heterocycles. The molecule has 22 heavy (non-hydrogen) atoms. The fourth-order valence-corrected chi connectivity index (χ4v) is 1.91. The highest BCUT2D eigenvalue weighted by Gasteiger charge is 2.15. The van der Waals surface area contributed by atoms with E-state index in [2.05, 4.69) is 5.16 Å². The summed E-state index contributed by atoms with van der Waals surface area (Å²) in [5.41, 5.74) is 0.966. The molecule has 3 aromatic rings. The summed E-state index contributed by atoms with van der Waals surface area (Å²) in [5, 5.41) is 3.75. The second-order valence-corrected chi connectivity index (χ2v) is 4.51. The van der Waals surface area contributed by atoms with Gasteiger partial charge in [-0.1, -0.05) is 35.5 Å². The van der Waals surface area contributed by atoms with Gasteiger partial charge in [0.15, 0.2) is 11.5 Å². The molecule has 0 saturated heterocycles. The predicted molar refractivity (Wildman–Crippen MR) is 79.9 cm³/mol. The number of hydrogen-bond acceptors (Lipinski definition) is 5. The average Bonchev–Trinajstić information content (AvgIpc) is 3.06. The minimum absolute atomic E-state index is 0.120. The van der Waals surface area contributed by atoms with Crippen LogP contribution in [0.25, 0.3) is 11.3 Å². The second-order valence-electron chi connectivity index (χ2n) is 4.51. The number of ether oxygens (including phenoxy) is 2. The molecule has 0 bridgehead atoms. The van der Waals surface area contributed by atoms with Gasteiger partial charge >= 0.3 is 5.97 Å². The first-order chi connectivity index (χ1) is 10.8. The molecule has 5 nitrogen and oxygen atoms in total. The van der Waals surface area contributed by atoms with Gasteiger partial charge in [-0.05, 0) is 24.3 Å². The third kappa shape index (κ3) is 2.98. The van der Waals surface area contributed by atoms with Gasteiger partial charge in [-0.25, -0.2) is 4.79 Å². The molecule has 1 heterocycles. The molecular weight excluding hydrogens is 282 g/mol. The van der Waals surface area contributed by atoms with Crippen LogP contribution in [0.15, 0.2) is 65.2 Å². The first kappa shape index (κ1) is 13.9. The second kappa shape index (κ2) is 6.13. The highest BCUT2D eigenvalue weighted by Crippen LogP contribution is 2.21. The molecule has 0 amide bonds. The van der Waals surface area contributed by atoms with Gasteiger partial charge in [0.1, 0.15) is 11.5 Å². The number of esters is 1. The third-order valence-corrected chi connectivity index (χ3v) is 3.05. The lowest BCUT2D eigenvalue weighted by atomic mass is 10.2. The lowest BCUT2D eigenvalue weighted by Gasteiger charge is -2.03. The molecule has 110 valence electrons. The van der Waals surface area contributed by atoms with E-state index in [1.54, 1.807) is 37.4 Å². The third-order valence-electron chi connectivity index (χ3n) is 3.05. The van der Waals surface area contributed by atoms with E-state index in [0.29, 0.717) is 17.3 Å². The Kier molecular flexibility index (Phi) is 3.87. The Morgan fingerprint density at radius 2 is 1.68 bits per heavy atom. The van der Waals surface area contributed by atoms with Crippen molar-refractivity contribution in [2.45, 2.75) is 0 Å². The van der Waals surface area contributed by atoms with E-state index in [4.69, 9.17) is 14.0 Å². The zero-order valence-electron chi connectivity index (χ0n) is 11.9. The van der Waals surface area contributed by atoms with Crippen molar-refractivity contribution in [2.75, 3.05) is 7.11 Å². The van der Waals surface area contributed by atoms with Gasteiger partial charge in [-0.3, -0.25) is 0 Å². The van der Waals surface area contributed by atoms with Gasteiger partial charge in [0.25, 0.3) is 0 Å². The van der Waals surface area contributed by atoms with Crippen LogP contribution in [0.2, 0.25) is 0 Å². The van der Waals surface area contributed by atoms with Crippen molar-refractivity contribution < 1.29 is 18.8 Å². The van der Waals surface area contributed by atoms with Gasteiger partial charge in [-0.2, -0.15) is 0 Å². The Labute approximate surface area is 127 Å². The van der Waals surface area contributed by atoms with Crippen LogP contribution >= 0.6 is 0 Å². The van der Waals surface area contributed by atoms with Crippen molar-refractivity contribution in [2.24, 2.45) is 0 Å². The quantitative estimate of drug-likeness (QED) is 0.544. The maximum atomic E-state index is 12.0. The highest BCUT2D eigenvalue weighted by atomic mass is 16.5. The summed E-state index contributed by atoms with van der Waals surface area (Å²) in [7, 11) is 1.57. The van der Waals surface area contributed by atoms with Gasteiger partial charge in [0, 0.05) is 11.6 Å². The van der Waals surface area contributed by atoms with Crippen LogP contribution in [0.1, 0.15) is 10.5 Å². The van der Waals surface area contributed by atoms with Crippen LogP contribution in [0.4, 0.5) is 0 Å². The molecule has 2 aromatic carbocycles. The lowest BCUT2D eigenvalue weighted by molar-refractivity contribution is 0.0724. The molecule has 3 rings (SSSR count).